The Morgan fingerprint density at radius 3 is 2.74 bits per heavy atom. The first-order chi connectivity index (χ1) is 9.15. The molecule has 1 aromatic carbocycles. The van der Waals surface area contributed by atoms with E-state index in [9.17, 15) is 4.39 Å². The second-order valence-corrected chi connectivity index (χ2v) is 5.39. The first-order valence-electron chi connectivity index (χ1n) is 6.74. The number of anilines is 2. The molecule has 100 valence electrons. The maximum Gasteiger partial charge on any atom is 0.136 e. The summed E-state index contributed by atoms with van der Waals surface area (Å²) < 4.78 is 13.6. The molecular weight excluding hydrogens is 241 g/mol. The van der Waals surface area contributed by atoms with Crippen LogP contribution in [0.1, 0.15) is 19.8 Å². The van der Waals surface area contributed by atoms with Crippen molar-refractivity contribution in [3.8, 4) is 0 Å². The van der Waals surface area contributed by atoms with Gasteiger partial charge in [0.2, 0.25) is 0 Å². The van der Waals surface area contributed by atoms with Crippen molar-refractivity contribution < 1.29 is 4.39 Å². The standard InChI is InChI=1S/C15H18FN3/c1-10-3-6-19(7-4-10)15-13-8-11(16)9-14(17)12(13)2-5-18-15/h2,5,8-10H,3-4,6-7,17H2,1H3. The van der Waals surface area contributed by atoms with E-state index in [4.69, 9.17) is 5.73 Å². The van der Waals surface area contributed by atoms with Gasteiger partial charge in [-0.25, -0.2) is 9.37 Å². The number of halogens is 1. The van der Waals surface area contributed by atoms with Crippen molar-refractivity contribution in [2.75, 3.05) is 23.7 Å². The van der Waals surface area contributed by atoms with Crippen LogP contribution in [0.5, 0.6) is 0 Å². The molecule has 0 amide bonds. The molecule has 0 aliphatic carbocycles. The molecule has 1 saturated heterocycles. The van der Waals surface area contributed by atoms with Crippen LogP contribution in [0.3, 0.4) is 0 Å². The molecule has 2 N–H and O–H groups in total. The molecule has 1 aliphatic rings. The summed E-state index contributed by atoms with van der Waals surface area (Å²) >= 11 is 0. The minimum atomic E-state index is -0.301. The van der Waals surface area contributed by atoms with E-state index in [2.05, 4.69) is 16.8 Å². The van der Waals surface area contributed by atoms with Crippen LogP contribution in [0, 0.1) is 11.7 Å². The van der Waals surface area contributed by atoms with Crippen molar-refractivity contribution in [1.29, 1.82) is 0 Å². The number of aromatic nitrogens is 1. The molecule has 19 heavy (non-hydrogen) atoms. The van der Waals surface area contributed by atoms with Crippen LogP contribution < -0.4 is 10.6 Å². The molecule has 2 heterocycles. The molecule has 3 nitrogen and oxygen atoms in total. The third-order valence-electron chi connectivity index (χ3n) is 3.94. The van der Waals surface area contributed by atoms with Gasteiger partial charge in [0.1, 0.15) is 11.6 Å². The molecule has 2 aromatic rings. The van der Waals surface area contributed by atoms with E-state index in [-0.39, 0.29) is 5.82 Å². The van der Waals surface area contributed by atoms with Crippen molar-refractivity contribution in [2.45, 2.75) is 19.8 Å². The Hall–Kier alpha value is -1.84. The molecule has 1 fully saturated rings. The van der Waals surface area contributed by atoms with Gasteiger partial charge in [-0.15, -0.1) is 0 Å². The predicted molar refractivity (Wildman–Crippen MR) is 76.7 cm³/mol. The van der Waals surface area contributed by atoms with Gasteiger partial charge in [-0.05, 0) is 37.0 Å². The Bertz CT molecular complexity index is 604. The van der Waals surface area contributed by atoms with E-state index in [1.807, 2.05) is 6.07 Å². The summed E-state index contributed by atoms with van der Waals surface area (Å²) in [5.41, 5.74) is 6.37. The number of nitrogens with two attached hydrogens (primary N) is 1. The maximum atomic E-state index is 13.6. The van der Waals surface area contributed by atoms with Gasteiger partial charge in [0, 0.05) is 35.7 Å². The summed E-state index contributed by atoms with van der Waals surface area (Å²) in [7, 11) is 0. The number of pyridine rings is 1. The molecule has 0 radical (unpaired) electrons. The van der Waals surface area contributed by atoms with E-state index in [1.165, 1.54) is 12.1 Å². The van der Waals surface area contributed by atoms with Crippen LogP contribution >= 0.6 is 0 Å². The second kappa shape index (κ2) is 4.68. The zero-order chi connectivity index (χ0) is 13.4. The van der Waals surface area contributed by atoms with Gasteiger partial charge >= 0.3 is 0 Å². The molecule has 0 unspecified atom stereocenters. The average molecular weight is 259 g/mol. The highest BCUT2D eigenvalue weighted by Gasteiger charge is 2.19. The fourth-order valence-corrected chi connectivity index (χ4v) is 2.73. The van der Waals surface area contributed by atoms with Crippen LogP contribution in [0.2, 0.25) is 0 Å². The summed E-state index contributed by atoms with van der Waals surface area (Å²) in [6.07, 6.45) is 4.07. The topological polar surface area (TPSA) is 42.2 Å². The molecular formula is C15H18FN3. The highest BCUT2D eigenvalue weighted by atomic mass is 19.1. The molecule has 4 heteroatoms. The summed E-state index contributed by atoms with van der Waals surface area (Å²) in [4.78, 5) is 6.68. The largest absolute Gasteiger partial charge is 0.398 e. The minimum Gasteiger partial charge on any atom is -0.398 e. The molecule has 3 rings (SSSR count). The van der Waals surface area contributed by atoms with Crippen molar-refractivity contribution in [1.82, 2.24) is 4.98 Å². The van der Waals surface area contributed by atoms with Gasteiger partial charge in [-0.2, -0.15) is 0 Å². The number of fused-ring (bicyclic) bond motifs is 1. The quantitative estimate of drug-likeness (QED) is 0.800. The number of benzene rings is 1. The Morgan fingerprint density at radius 1 is 1.26 bits per heavy atom. The number of rotatable bonds is 1. The van der Waals surface area contributed by atoms with Gasteiger partial charge in [0.25, 0.3) is 0 Å². The Labute approximate surface area is 112 Å². The monoisotopic (exact) mass is 259 g/mol. The highest BCUT2D eigenvalue weighted by Crippen LogP contribution is 2.31. The lowest BCUT2D eigenvalue weighted by molar-refractivity contribution is 0.437. The number of hydrogen-bond acceptors (Lipinski definition) is 3. The molecule has 1 aromatic heterocycles. The molecule has 0 atom stereocenters. The lowest BCUT2D eigenvalue weighted by atomic mass is 9.99. The Morgan fingerprint density at radius 2 is 2.00 bits per heavy atom. The third-order valence-corrected chi connectivity index (χ3v) is 3.94. The van der Waals surface area contributed by atoms with E-state index < -0.39 is 0 Å². The molecule has 0 saturated carbocycles. The van der Waals surface area contributed by atoms with Crippen LogP contribution in [0.15, 0.2) is 24.4 Å². The van der Waals surface area contributed by atoms with Gasteiger partial charge in [-0.3, -0.25) is 0 Å². The zero-order valence-electron chi connectivity index (χ0n) is 11.1. The fraction of sp³-hybridized carbons (Fsp3) is 0.400. The van der Waals surface area contributed by atoms with Crippen molar-refractivity contribution in [2.24, 2.45) is 5.92 Å². The number of piperidine rings is 1. The fourth-order valence-electron chi connectivity index (χ4n) is 2.73. The Balaban J connectivity index is 2.08. The molecule has 1 aliphatic heterocycles. The van der Waals surface area contributed by atoms with Crippen LogP contribution in [0.25, 0.3) is 10.8 Å². The summed E-state index contributed by atoms with van der Waals surface area (Å²) in [5, 5.41) is 1.69. The number of nitrogens with zero attached hydrogens (tertiary/aromatic N) is 2. The van der Waals surface area contributed by atoms with Crippen LogP contribution in [-0.4, -0.2) is 18.1 Å². The van der Waals surface area contributed by atoms with Gasteiger partial charge < -0.3 is 10.6 Å². The normalized spacial score (nSPS) is 17.1. The van der Waals surface area contributed by atoms with Crippen LogP contribution in [-0.2, 0) is 0 Å². The first kappa shape index (κ1) is 12.2. The molecule has 0 bridgehead atoms. The maximum absolute atomic E-state index is 13.6. The lowest BCUT2D eigenvalue weighted by Gasteiger charge is -2.32. The van der Waals surface area contributed by atoms with E-state index in [0.717, 1.165) is 48.4 Å². The third kappa shape index (κ3) is 2.23. The predicted octanol–water partition coefficient (Wildman–Crippen LogP) is 3.19. The first-order valence-corrected chi connectivity index (χ1v) is 6.74. The van der Waals surface area contributed by atoms with Crippen LogP contribution in [0.4, 0.5) is 15.9 Å². The van der Waals surface area contributed by atoms with E-state index in [1.54, 1.807) is 6.20 Å². The number of nitrogen functional groups attached to an aromatic ring is 1. The van der Waals surface area contributed by atoms with Gasteiger partial charge in [-0.1, -0.05) is 6.92 Å². The average Bonchev–Trinajstić information content (AvgIpc) is 2.39. The minimum absolute atomic E-state index is 0.301. The van der Waals surface area contributed by atoms with E-state index >= 15 is 0 Å². The van der Waals surface area contributed by atoms with E-state index in [0.29, 0.717) is 5.69 Å². The Kier molecular flexibility index (Phi) is 3.01. The van der Waals surface area contributed by atoms with Crippen molar-refractivity contribution in [3.05, 3.63) is 30.2 Å². The second-order valence-electron chi connectivity index (χ2n) is 5.39. The summed E-state index contributed by atoms with van der Waals surface area (Å²) in [6, 6.07) is 4.75. The van der Waals surface area contributed by atoms with Crippen molar-refractivity contribution in [3.63, 3.8) is 0 Å². The smallest absolute Gasteiger partial charge is 0.136 e. The van der Waals surface area contributed by atoms with Gasteiger partial charge in [0.15, 0.2) is 0 Å². The highest BCUT2D eigenvalue weighted by molar-refractivity contribution is 5.99. The molecule has 0 spiro atoms. The van der Waals surface area contributed by atoms with Gasteiger partial charge in [0.05, 0.1) is 0 Å². The summed E-state index contributed by atoms with van der Waals surface area (Å²) in [5.74, 6) is 1.31. The SMILES string of the molecule is CC1CCN(c2nccc3c(N)cc(F)cc23)CC1. The zero-order valence-corrected chi connectivity index (χ0v) is 11.1. The number of hydrogen-bond donors (Lipinski definition) is 1. The summed E-state index contributed by atoms with van der Waals surface area (Å²) in [6.45, 7) is 4.22. The van der Waals surface area contributed by atoms with Crippen molar-refractivity contribution >= 4 is 22.3 Å². The lowest BCUT2D eigenvalue weighted by Crippen LogP contribution is -2.33.